The van der Waals surface area contributed by atoms with Crippen molar-refractivity contribution in [3.8, 4) is 0 Å². The standard InChI is InChI=1S/C25H26N4O3S/c1-18(30)20-7-9-22(10-8-20)28-11-13-29(14-12-28)24(32)16-21-15-23(31)27-25(26-21)33-17-19-5-3-2-4-6-19/h2-10,15H,11-14,16-17H2,1H3,(H,26,27,31). The molecular formula is C25H26N4O3S. The van der Waals surface area contributed by atoms with Crippen molar-refractivity contribution in [1.29, 1.82) is 0 Å². The van der Waals surface area contributed by atoms with Gasteiger partial charge in [0.1, 0.15) is 0 Å². The van der Waals surface area contributed by atoms with Crippen molar-refractivity contribution in [1.82, 2.24) is 14.9 Å². The van der Waals surface area contributed by atoms with Crippen LogP contribution in [0.15, 0.2) is 70.6 Å². The second-order valence-corrected chi connectivity index (χ2v) is 8.93. The summed E-state index contributed by atoms with van der Waals surface area (Å²) in [6.45, 7) is 4.19. The first-order valence-electron chi connectivity index (χ1n) is 10.9. The molecule has 0 bridgehead atoms. The Morgan fingerprint density at radius 3 is 2.36 bits per heavy atom. The van der Waals surface area contributed by atoms with Crippen LogP contribution in [-0.4, -0.2) is 52.7 Å². The van der Waals surface area contributed by atoms with Gasteiger partial charge in [0.05, 0.1) is 12.1 Å². The number of Topliss-reactive ketones (excluding diaryl/α,β-unsaturated/α-hetero) is 1. The predicted octanol–water partition coefficient (Wildman–Crippen LogP) is 3.16. The van der Waals surface area contributed by atoms with Crippen LogP contribution in [0, 0.1) is 0 Å². The van der Waals surface area contributed by atoms with E-state index >= 15 is 0 Å². The number of nitrogens with one attached hydrogen (secondary N) is 1. The van der Waals surface area contributed by atoms with Crippen molar-refractivity contribution >= 4 is 29.1 Å². The van der Waals surface area contributed by atoms with E-state index < -0.39 is 0 Å². The van der Waals surface area contributed by atoms with E-state index in [9.17, 15) is 14.4 Å². The maximum Gasteiger partial charge on any atom is 0.251 e. The Kier molecular flexibility index (Phi) is 7.24. The lowest BCUT2D eigenvalue weighted by Gasteiger charge is -2.36. The van der Waals surface area contributed by atoms with Gasteiger partial charge in [-0.1, -0.05) is 42.1 Å². The zero-order chi connectivity index (χ0) is 23.2. The van der Waals surface area contributed by atoms with Crippen molar-refractivity contribution in [2.45, 2.75) is 24.3 Å². The molecule has 2 aromatic carbocycles. The van der Waals surface area contributed by atoms with Gasteiger partial charge < -0.3 is 14.8 Å². The number of hydrogen-bond donors (Lipinski definition) is 1. The summed E-state index contributed by atoms with van der Waals surface area (Å²) < 4.78 is 0. The van der Waals surface area contributed by atoms with Crippen LogP contribution in [0.1, 0.15) is 28.5 Å². The molecule has 0 aliphatic carbocycles. The Morgan fingerprint density at radius 1 is 1.00 bits per heavy atom. The van der Waals surface area contributed by atoms with E-state index in [1.165, 1.54) is 17.8 Å². The van der Waals surface area contributed by atoms with Crippen LogP contribution in [0.5, 0.6) is 0 Å². The van der Waals surface area contributed by atoms with Crippen molar-refractivity contribution < 1.29 is 9.59 Å². The predicted molar refractivity (Wildman–Crippen MR) is 130 cm³/mol. The number of amides is 1. The number of thioether (sulfide) groups is 1. The summed E-state index contributed by atoms with van der Waals surface area (Å²) in [5.74, 6) is 0.710. The topological polar surface area (TPSA) is 86.4 Å². The fourth-order valence-corrected chi connectivity index (χ4v) is 4.61. The summed E-state index contributed by atoms with van der Waals surface area (Å²) in [7, 11) is 0. The third kappa shape index (κ3) is 6.10. The molecule has 4 rings (SSSR count). The van der Waals surface area contributed by atoms with Gasteiger partial charge in [-0.25, -0.2) is 4.98 Å². The van der Waals surface area contributed by atoms with Crippen molar-refractivity contribution in [3.05, 3.63) is 87.8 Å². The van der Waals surface area contributed by atoms with Gasteiger partial charge in [0.25, 0.3) is 5.56 Å². The van der Waals surface area contributed by atoms with Gasteiger partial charge in [0.2, 0.25) is 5.91 Å². The number of rotatable bonds is 7. The number of ketones is 1. The number of anilines is 1. The molecule has 0 atom stereocenters. The van der Waals surface area contributed by atoms with E-state index in [4.69, 9.17) is 0 Å². The Hall–Kier alpha value is -3.39. The van der Waals surface area contributed by atoms with Crippen molar-refractivity contribution in [2.24, 2.45) is 0 Å². The molecule has 1 fully saturated rings. The minimum absolute atomic E-state index is 0.0290. The molecule has 1 aromatic heterocycles. The highest BCUT2D eigenvalue weighted by atomic mass is 32.2. The van der Waals surface area contributed by atoms with Crippen LogP contribution in [0.3, 0.4) is 0 Å². The largest absolute Gasteiger partial charge is 0.368 e. The second-order valence-electron chi connectivity index (χ2n) is 7.96. The molecule has 0 radical (unpaired) electrons. The molecule has 1 saturated heterocycles. The van der Waals surface area contributed by atoms with Crippen LogP contribution in [0.4, 0.5) is 5.69 Å². The fraction of sp³-hybridized carbons (Fsp3) is 0.280. The first-order valence-corrected chi connectivity index (χ1v) is 11.9. The van der Waals surface area contributed by atoms with Gasteiger partial charge in [-0.3, -0.25) is 14.4 Å². The Labute approximate surface area is 196 Å². The SMILES string of the molecule is CC(=O)c1ccc(N2CCN(C(=O)Cc3cc(=O)[nH]c(SCc4ccccc4)n3)CC2)cc1. The number of carbonyl (C=O) groups excluding carboxylic acids is 2. The average molecular weight is 463 g/mol. The van der Waals surface area contributed by atoms with Gasteiger partial charge in [-0.15, -0.1) is 0 Å². The fourth-order valence-electron chi connectivity index (χ4n) is 3.76. The molecular weight excluding hydrogens is 436 g/mol. The van der Waals surface area contributed by atoms with Gasteiger partial charge >= 0.3 is 0 Å². The number of nitrogens with zero attached hydrogens (tertiary/aromatic N) is 3. The quantitative estimate of drug-likeness (QED) is 0.330. The third-order valence-electron chi connectivity index (χ3n) is 5.60. The highest BCUT2D eigenvalue weighted by Crippen LogP contribution is 2.20. The Bertz CT molecular complexity index is 1170. The van der Waals surface area contributed by atoms with Crippen LogP contribution in [0.2, 0.25) is 0 Å². The molecule has 1 amide bonds. The van der Waals surface area contributed by atoms with E-state index in [0.717, 1.165) is 11.3 Å². The van der Waals surface area contributed by atoms with E-state index in [1.807, 2.05) is 59.5 Å². The lowest BCUT2D eigenvalue weighted by Crippen LogP contribution is -2.49. The molecule has 7 nitrogen and oxygen atoms in total. The first-order chi connectivity index (χ1) is 16.0. The number of carbonyl (C=O) groups is 2. The molecule has 170 valence electrons. The maximum atomic E-state index is 12.8. The average Bonchev–Trinajstić information content (AvgIpc) is 2.83. The first kappa shape index (κ1) is 22.8. The number of H-pyrrole nitrogens is 1. The number of aromatic nitrogens is 2. The molecule has 0 spiro atoms. The normalized spacial score (nSPS) is 13.7. The highest BCUT2D eigenvalue weighted by Gasteiger charge is 2.22. The summed E-state index contributed by atoms with van der Waals surface area (Å²) >= 11 is 1.45. The monoisotopic (exact) mass is 462 g/mol. The Morgan fingerprint density at radius 2 is 1.70 bits per heavy atom. The molecule has 8 heteroatoms. The van der Waals surface area contributed by atoms with Crippen molar-refractivity contribution in [3.63, 3.8) is 0 Å². The Balaban J connectivity index is 1.32. The number of hydrogen-bond acceptors (Lipinski definition) is 6. The summed E-state index contributed by atoms with van der Waals surface area (Å²) in [5, 5.41) is 0.521. The van der Waals surface area contributed by atoms with E-state index in [1.54, 1.807) is 6.92 Å². The minimum Gasteiger partial charge on any atom is -0.368 e. The summed E-state index contributed by atoms with van der Waals surface area (Å²) in [6, 6.07) is 18.9. The maximum absolute atomic E-state index is 12.8. The van der Waals surface area contributed by atoms with Crippen LogP contribution >= 0.6 is 11.8 Å². The van der Waals surface area contributed by atoms with E-state index in [0.29, 0.717) is 48.3 Å². The van der Waals surface area contributed by atoms with Gasteiger partial charge in [-0.05, 0) is 36.8 Å². The molecule has 1 aliphatic heterocycles. The molecule has 33 heavy (non-hydrogen) atoms. The smallest absolute Gasteiger partial charge is 0.251 e. The van der Waals surface area contributed by atoms with E-state index in [2.05, 4.69) is 14.9 Å². The lowest BCUT2D eigenvalue weighted by molar-refractivity contribution is -0.130. The third-order valence-corrected chi connectivity index (χ3v) is 6.54. The minimum atomic E-state index is -0.248. The van der Waals surface area contributed by atoms with Gasteiger partial charge in [-0.2, -0.15) is 0 Å². The number of piperazine rings is 1. The lowest BCUT2D eigenvalue weighted by atomic mass is 10.1. The molecule has 0 saturated carbocycles. The summed E-state index contributed by atoms with van der Waals surface area (Å²) in [5.41, 5.74) is 3.12. The van der Waals surface area contributed by atoms with Crippen LogP contribution < -0.4 is 10.5 Å². The number of aromatic amines is 1. The van der Waals surface area contributed by atoms with Crippen LogP contribution in [0.25, 0.3) is 0 Å². The summed E-state index contributed by atoms with van der Waals surface area (Å²) in [4.78, 5) is 47.7. The van der Waals surface area contributed by atoms with Crippen molar-refractivity contribution in [2.75, 3.05) is 31.1 Å². The zero-order valence-electron chi connectivity index (χ0n) is 18.5. The molecule has 3 aromatic rings. The number of benzene rings is 2. The second kappa shape index (κ2) is 10.5. The van der Waals surface area contributed by atoms with E-state index in [-0.39, 0.29) is 23.7 Å². The molecule has 1 N–H and O–H groups in total. The molecule has 2 heterocycles. The van der Waals surface area contributed by atoms with Gasteiger partial charge in [0.15, 0.2) is 10.9 Å². The molecule has 0 unspecified atom stereocenters. The zero-order valence-corrected chi connectivity index (χ0v) is 19.3. The van der Waals surface area contributed by atoms with Gasteiger partial charge in [0, 0.05) is 49.2 Å². The summed E-state index contributed by atoms with van der Waals surface area (Å²) in [6.07, 6.45) is 0.107. The highest BCUT2D eigenvalue weighted by molar-refractivity contribution is 7.98. The molecule has 1 aliphatic rings. The van der Waals surface area contributed by atoms with Crippen LogP contribution in [-0.2, 0) is 17.0 Å².